The Balaban J connectivity index is 1.52. The number of allylic oxidation sites excluding steroid dienone is 1. The maximum Gasteiger partial charge on any atom is 0.270 e. The van der Waals surface area contributed by atoms with Crippen LogP contribution in [0.1, 0.15) is 53.7 Å². The molecule has 1 aliphatic rings. The van der Waals surface area contributed by atoms with Crippen molar-refractivity contribution in [1.82, 2.24) is 15.3 Å². The van der Waals surface area contributed by atoms with Crippen LogP contribution in [0.2, 0.25) is 0 Å². The van der Waals surface area contributed by atoms with Crippen molar-refractivity contribution in [2.45, 2.75) is 45.6 Å². The third-order valence-electron chi connectivity index (χ3n) is 4.74. The van der Waals surface area contributed by atoms with Crippen LogP contribution in [0.5, 0.6) is 0 Å². The Morgan fingerprint density at radius 1 is 1.19 bits per heavy atom. The second-order valence-electron chi connectivity index (χ2n) is 6.68. The molecule has 0 atom stereocenters. The van der Waals surface area contributed by atoms with E-state index in [0.29, 0.717) is 18.1 Å². The summed E-state index contributed by atoms with van der Waals surface area (Å²) in [4.78, 5) is 20.7. The minimum absolute atomic E-state index is 0.186. The predicted molar refractivity (Wildman–Crippen MR) is 104 cm³/mol. The predicted octanol–water partition coefficient (Wildman–Crippen LogP) is 4.02. The van der Waals surface area contributed by atoms with Crippen LogP contribution in [-0.2, 0) is 6.54 Å². The number of hydrogen-bond donors (Lipinski definition) is 2. The van der Waals surface area contributed by atoms with Crippen LogP contribution in [0, 0.1) is 6.92 Å². The quantitative estimate of drug-likeness (QED) is 0.740. The molecule has 0 aliphatic heterocycles. The Morgan fingerprint density at radius 3 is 2.88 bits per heavy atom. The number of aryl methyl sites for hydroxylation is 1. The smallest absolute Gasteiger partial charge is 0.270 e. The summed E-state index contributed by atoms with van der Waals surface area (Å²) in [5.41, 5.74) is 4.17. The van der Waals surface area contributed by atoms with E-state index in [0.717, 1.165) is 24.1 Å². The average molecular weight is 350 g/mol. The van der Waals surface area contributed by atoms with Gasteiger partial charge in [-0.2, -0.15) is 0 Å². The largest absolute Gasteiger partial charge is 0.370 e. The highest BCUT2D eigenvalue weighted by Gasteiger charge is 2.09. The minimum Gasteiger partial charge on any atom is -0.370 e. The van der Waals surface area contributed by atoms with Crippen LogP contribution >= 0.6 is 0 Å². The highest BCUT2D eigenvalue weighted by atomic mass is 16.1. The van der Waals surface area contributed by atoms with E-state index >= 15 is 0 Å². The first-order valence-electron chi connectivity index (χ1n) is 9.29. The molecule has 5 nitrogen and oxygen atoms in total. The summed E-state index contributed by atoms with van der Waals surface area (Å²) in [7, 11) is 0. The highest BCUT2D eigenvalue weighted by molar-refractivity contribution is 5.92. The molecule has 1 aliphatic carbocycles. The number of aromatic nitrogens is 2. The van der Waals surface area contributed by atoms with Crippen LogP contribution in [-0.4, -0.2) is 22.4 Å². The number of anilines is 1. The monoisotopic (exact) mass is 350 g/mol. The van der Waals surface area contributed by atoms with Gasteiger partial charge in [0, 0.05) is 19.2 Å². The molecule has 0 radical (unpaired) electrons. The van der Waals surface area contributed by atoms with Crippen molar-refractivity contribution >= 4 is 11.7 Å². The van der Waals surface area contributed by atoms with E-state index in [9.17, 15) is 4.79 Å². The minimum atomic E-state index is -0.186. The number of nitrogens with zero attached hydrogens (tertiary/aromatic N) is 2. The summed E-state index contributed by atoms with van der Waals surface area (Å²) >= 11 is 0. The first-order chi connectivity index (χ1) is 12.7. The lowest BCUT2D eigenvalue weighted by Crippen LogP contribution is -2.24. The van der Waals surface area contributed by atoms with Gasteiger partial charge in [-0.1, -0.05) is 35.9 Å². The topological polar surface area (TPSA) is 66.9 Å². The van der Waals surface area contributed by atoms with E-state index in [4.69, 9.17) is 0 Å². The summed E-state index contributed by atoms with van der Waals surface area (Å²) in [6.45, 7) is 3.36. The third kappa shape index (κ3) is 5.15. The van der Waals surface area contributed by atoms with Crippen LogP contribution in [0.4, 0.5) is 5.82 Å². The van der Waals surface area contributed by atoms with Crippen LogP contribution in [0.3, 0.4) is 0 Å². The van der Waals surface area contributed by atoms with Gasteiger partial charge in [0.1, 0.15) is 17.8 Å². The molecular weight excluding hydrogens is 324 g/mol. The number of rotatable bonds is 7. The van der Waals surface area contributed by atoms with Gasteiger partial charge in [-0.15, -0.1) is 0 Å². The van der Waals surface area contributed by atoms with Gasteiger partial charge in [0.05, 0.1) is 0 Å². The van der Waals surface area contributed by atoms with Gasteiger partial charge < -0.3 is 10.6 Å². The van der Waals surface area contributed by atoms with E-state index in [-0.39, 0.29) is 5.91 Å². The van der Waals surface area contributed by atoms with Crippen molar-refractivity contribution in [2.24, 2.45) is 0 Å². The van der Waals surface area contributed by atoms with Gasteiger partial charge in [-0.25, -0.2) is 9.97 Å². The van der Waals surface area contributed by atoms with E-state index in [1.54, 1.807) is 6.07 Å². The van der Waals surface area contributed by atoms with Gasteiger partial charge in [0.25, 0.3) is 5.91 Å². The Bertz CT molecular complexity index is 785. The third-order valence-corrected chi connectivity index (χ3v) is 4.74. The van der Waals surface area contributed by atoms with Crippen molar-refractivity contribution in [3.63, 3.8) is 0 Å². The zero-order valence-corrected chi connectivity index (χ0v) is 15.3. The molecule has 0 saturated carbocycles. The first-order valence-corrected chi connectivity index (χ1v) is 9.29. The molecule has 0 bridgehead atoms. The molecule has 5 heteroatoms. The molecule has 136 valence electrons. The Kier molecular flexibility index (Phi) is 6.36. The zero-order chi connectivity index (χ0) is 18.2. The average Bonchev–Trinajstić information content (AvgIpc) is 2.68. The molecule has 1 aromatic heterocycles. The molecule has 2 N–H and O–H groups in total. The summed E-state index contributed by atoms with van der Waals surface area (Å²) < 4.78 is 0. The number of hydrogen-bond acceptors (Lipinski definition) is 4. The van der Waals surface area contributed by atoms with E-state index < -0.39 is 0 Å². The SMILES string of the molecule is Cc1ccccc1CNC(=O)c1cc(NCCC2=CCCCC2)ncn1. The van der Waals surface area contributed by atoms with Gasteiger partial charge in [-0.05, 0) is 50.2 Å². The lowest BCUT2D eigenvalue weighted by Gasteiger charge is -2.13. The van der Waals surface area contributed by atoms with Crippen LogP contribution in [0.25, 0.3) is 0 Å². The van der Waals surface area contributed by atoms with E-state index in [1.807, 2.05) is 31.2 Å². The van der Waals surface area contributed by atoms with Crippen molar-refractivity contribution < 1.29 is 4.79 Å². The van der Waals surface area contributed by atoms with Gasteiger partial charge in [0.2, 0.25) is 0 Å². The number of benzene rings is 1. The fourth-order valence-electron chi connectivity index (χ4n) is 3.14. The van der Waals surface area contributed by atoms with Crippen molar-refractivity contribution in [2.75, 3.05) is 11.9 Å². The van der Waals surface area contributed by atoms with Crippen LogP contribution in [0.15, 0.2) is 48.3 Å². The maximum absolute atomic E-state index is 12.4. The lowest BCUT2D eigenvalue weighted by atomic mass is 9.97. The maximum atomic E-state index is 12.4. The second-order valence-corrected chi connectivity index (χ2v) is 6.68. The summed E-state index contributed by atoms with van der Waals surface area (Å²) in [5.74, 6) is 0.506. The molecule has 3 rings (SSSR count). The number of carbonyl (C=O) groups excluding carboxylic acids is 1. The van der Waals surface area contributed by atoms with Gasteiger partial charge >= 0.3 is 0 Å². The molecule has 0 unspecified atom stereocenters. The second kappa shape index (κ2) is 9.13. The molecule has 2 aromatic rings. The zero-order valence-electron chi connectivity index (χ0n) is 15.3. The van der Waals surface area contributed by atoms with Crippen molar-refractivity contribution in [1.29, 1.82) is 0 Å². The van der Waals surface area contributed by atoms with Gasteiger partial charge in [-0.3, -0.25) is 4.79 Å². The highest BCUT2D eigenvalue weighted by Crippen LogP contribution is 2.20. The summed E-state index contributed by atoms with van der Waals surface area (Å²) in [6, 6.07) is 9.73. The first kappa shape index (κ1) is 18.1. The fraction of sp³-hybridized carbons (Fsp3) is 0.381. The van der Waals surface area contributed by atoms with Crippen LogP contribution < -0.4 is 10.6 Å². The molecule has 1 heterocycles. The standard InChI is InChI=1S/C21H26N4O/c1-16-7-5-6-10-18(16)14-23-21(26)19-13-20(25-15-24-19)22-12-11-17-8-3-2-4-9-17/h5-8,10,13,15H,2-4,9,11-12,14H2,1H3,(H,23,26)(H,22,24,25). The van der Waals surface area contributed by atoms with E-state index in [2.05, 4.69) is 26.7 Å². The van der Waals surface area contributed by atoms with Crippen molar-refractivity contribution in [3.8, 4) is 0 Å². The number of carbonyl (C=O) groups is 1. The molecule has 0 saturated heterocycles. The fourth-order valence-corrected chi connectivity index (χ4v) is 3.14. The molecule has 0 spiro atoms. The number of nitrogens with one attached hydrogen (secondary N) is 2. The molecule has 0 fully saturated rings. The summed E-state index contributed by atoms with van der Waals surface area (Å²) in [5, 5.41) is 6.22. The lowest BCUT2D eigenvalue weighted by molar-refractivity contribution is 0.0945. The molecule has 26 heavy (non-hydrogen) atoms. The molecular formula is C21H26N4O. The normalized spacial score (nSPS) is 13.8. The Labute approximate surface area is 155 Å². The van der Waals surface area contributed by atoms with Crippen molar-refractivity contribution in [3.05, 3.63) is 65.1 Å². The molecule has 1 amide bonds. The van der Waals surface area contributed by atoms with E-state index in [1.165, 1.54) is 37.6 Å². The van der Waals surface area contributed by atoms with Gasteiger partial charge in [0.15, 0.2) is 0 Å². The Hall–Kier alpha value is -2.69. The Morgan fingerprint density at radius 2 is 2.08 bits per heavy atom. The molecule has 1 aromatic carbocycles. The summed E-state index contributed by atoms with van der Waals surface area (Å²) in [6.07, 6.45) is 9.83. The number of amides is 1.